The lowest BCUT2D eigenvalue weighted by Crippen LogP contribution is -2.65. The van der Waals surface area contributed by atoms with E-state index in [-0.39, 0.29) is 17.8 Å². The molecule has 3 aliphatic rings. The Hall–Kier alpha value is -2.02. The van der Waals surface area contributed by atoms with Crippen LogP contribution in [0.25, 0.3) is 0 Å². The maximum absolute atomic E-state index is 13.8. The third kappa shape index (κ3) is 3.19. The molecule has 5 rings (SSSR count). The van der Waals surface area contributed by atoms with Crippen LogP contribution in [0.3, 0.4) is 0 Å². The lowest BCUT2D eigenvalue weighted by molar-refractivity contribution is -0.148. The molecular weight excluding hydrogens is 375 g/mol. The molecule has 0 saturated carbocycles. The van der Waals surface area contributed by atoms with Gasteiger partial charge in [-0.1, -0.05) is 12.1 Å². The van der Waals surface area contributed by atoms with E-state index >= 15 is 0 Å². The number of benzene rings is 1. The van der Waals surface area contributed by atoms with Crippen LogP contribution in [0.5, 0.6) is 0 Å². The van der Waals surface area contributed by atoms with Gasteiger partial charge in [0.1, 0.15) is 11.6 Å². The van der Waals surface area contributed by atoms with Crippen LogP contribution in [0, 0.1) is 24.6 Å². The second-order valence-electron chi connectivity index (χ2n) is 8.45. The molecule has 0 unspecified atom stereocenters. The molecule has 3 saturated heterocycles. The molecule has 1 amide bonds. The number of hydrogen-bond acceptors (Lipinski definition) is 5. The molecule has 1 aromatic carbocycles. The van der Waals surface area contributed by atoms with Crippen LogP contribution >= 0.6 is 11.5 Å². The Balaban J connectivity index is 1.47. The highest BCUT2D eigenvalue weighted by molar-refractivity contribution is 7.09. The Labute approximate surface area is 168 Å². The molecule has 7 heteroatoms. The highest BCUT2D eigenvalue weighted by Crippen LogP contribution is 2.43. The quantitative estimate of drug-likeness (QED) is 0.792. The van der Waals surface area contributed by atoms with Crippen LogP contribution in [-0.4, -0.2) is 45.3 Å². The Bertz CT molecular complexity index is 887. The van der Waals surface area contributed by atoms with E-state index < -0.39 is 0 Å². The highest BCUT2D eigenvalue weighted by Gasteiger charge is 2.49. The summed E-state index contributed by atoms with van der Waals surface area (Å²) in [5.74, 6) is 1.76. The number of carbonyl (C=O) groups is 1. The molecule has 148 valence electrons. The second kappa shape index (κ2) is 7.10. The molecule has 2 aromatic rings. The van der Waals surface area contributed by atoms with Gasteiger partial charge in [0.2, 0.25) is 11.0 Å². The largest absolute Gasteiger partial charge is 0.346 e. The van der Waals surface area contributed by atoms with Gasteiger partial charge < -0.3 is 9.80 Å². The van der Waals surface area contributed by atoms with Gasteiger partial charge in [0, 0.05) is 43.1 Å². The van der Waals surface area contributed by atoms with Gasteiger partial charge in [-0.3, -0.25) is 4.79 Å². The van der Waals surface area contributed by atoms with E-state index in [1.165, 1.54) is 17.6 Å². The SMILES string of the molecule is Cc1nsc(N2C[C@H]3C[C@@H](C2)[C@H](Cc2cccc(F)c2)N2C(=O)CCC[C@@H]32)n1. The molecule has 0 radical (unpaired) electrons. The van der Waals surface area contributed by atoms with Gasteiger partial charge in [-0.05, 0) is 62.1 Å². The average Bonchev–Trinajstić information content (AvgIpc) is 3.12. The summed E-state index contributed by atoms with van der Waals surface area (Å²) in [6, 6.07) is 7.27. The first-order chi connectivity index (χ1) is 13.6. The fourth-order valence-electron chi connectivity index (χ4n) is 5.51. The first-order valence-corrected chi connectivity index (χ1v) is 11.0. The molecule has 1 aromatic heterocycles. The molecule has 3 aliphatic heterocycles. The molecule has 0 spiro atoms. The molecule has 4 heterocycles. The van der Waals surface area contributed by atoms with E-state index in [0.29, 0.717) is 24.3 Å². The molecule has 5 nitrogen and oxygen atoms in total. The van der Waals surface area contributed by atoms with E-state index in [1.54, 1.807) is 12.1 Å². The van der Waals surface area contributed by atoms with Crippen LogP contribution < -0.4 is 4.90 Å². The summed E-state index contributed by atoms with van der Waals surface area (Å²) in [6.45, 7) is 3.77. The number of carbonyl (C=O) groups excluding carboxylic acids is 1. The summed E-state index contributed by atoms with van der Waals surface area (Å²) >= 11 is 1.47. The summed E-state index contributed by atoms with van der Waals surface area (Å²) in [5.41, 5.74) is 0.976. The van der Waals surface area contributed by atoms with Crippen LogP contribution in [-0.2, 0) is 11.2 Å². The smallest absolute Gasteiger partial charge is 0.223 e. The van der Waals surface area contributed by atoms with Crippen molar-refractivity contribution >= 4 is 22.6 Å². The lowest BCUT2D eigenvalue weighted by Gasteiger charge is -2.56. The number of aromatic nitrogens is 2. The minimum atomic E-state index is -0.206. The van der Waals surface area contributed by atoms with Crippen molar-refractivity contribution in [3.8, 4) is 0 Å². The Kier molecular flexibility index (Phi) is 4.57. The Morgan fingerprint density at radius 2 is 2.14 bits per heavy atom. The van der Waals surface area contributed by atoms with Crippen molar-refractivity contribution in [2.24, 2.45) is 11.8 Å². The van der Waals surface area contributed by atoms with Crippen LogP contribution in [0.2, 0.25) is 0 Å². The van der Waals surface area contributed by atoms with E-state index in [2.05, 4.69) is 19.2 Å². The summed E-state index contributed by atoms with van der Waals surface area (Å²) < 4.78 is 18.1. The zero-order chi connectivity index (χ0) is 19.3. The lowest BCUT2D eigenvalue weighted by atomic mass is 9.71. The number of fused-ring (bicyclic) bond motifs is 4. The van der Waals surface area contributed by atoms with Gasteiger partial charge in [-0.15, -0.1) is 0 Å². The van der Waals surface area contributed by atoms with Crippen molar-refractivity contribution in [2.75, 3.05) is 18.0 Å². The number of aryl methyl sites for hydroxylation is 1. The monoisotopic (exact) mass is 400 g/mol. The van der Waals surface area contributed by atoms with Gasteiger partial charge >= 0.3 is 0 Å². The Morgan fingerprint density at radius 1 is 1.29 bits per heavy atom. The molecule has 28 heavy (non-hydrogen) atoms. The van der Waals surface area contributed by atoms with Gasteiger partial charge in [0.25, 0.3) is 0 Å². The third-order valence-corrected chi connectivity index (χ3v) is 7.49. The van der Waals surface area contributed by atoms with Gasteiger partial charge in [0.15, 0.2) is 0 Å². The van der Waals surface area contributed by atoms with Gasteiger partial charge in [-0.25, -0.2) is 9.37 Å². The predicted molar refractivity (Wildman–Crippen MR) is 107 cm³/mol. The highest BCUT2D eigenvalue weighted by atomic mass is 32.1. The molecule has 3 fully saturated rings. The summed E-state index contributed by atoms with van der Waals surface area (Å²) in [7, 11) is 0. The minimum absolute atomic E-state index is 0.132. The van der Waals surface area contributed by atoms with E-state index in [0.717, 1.165) is 55.3 Å². The zero-order valence-electron chi connectivity index (χ0n) is 16.1. The topological polar surface area (TPSA) is 49.3 Å². The number of amides is 1. The average molecular weight is 401 g/mol. The zero-order valence-corrected chi connectivity index (χ0v) is 16.9. The summed E-state index contributed by atoms with van der Waals surface area (Å²) in [4.78, 5) is 22.1. The number of rotatable bonds is 3. The normalized spacial score (nSPS) is 29.7. The molecular formula is C21H25FN4OS. The van der Waals surface area contributed by atoms with Crippen LogP contribution in [0.4, 0.5) is 9.52 Å². The molecule has 2 bridgehead atoms. The van der Waals surface area contributed by atoms with Crippen molar-refractivity contribution < 1.29 is 9.18 Å². The summed E-state index contributed by atoms with van der Waals surface area (Å²) in [6.07, 6.45) is 4.57. The van der Waals surface area contributed by atoms with Crippen molar-refractivity contribution in [2.45, 2.75) is 51.1 Å². The third-order valence-electron chi connectivity index (χ3n) is 6.62. The maximum atomic E-state index is 13.8. The number of nitrogens with zero attached hydrogens (tertiary/aromatic N) is 4. The van der Waals surface area contributed by atoms with Gasteiger partial charge in [0.05, 0.1) is 0 Å². The first-order valence-electron chi connectivity index (χ1n) is 10.2. The number of piperidine rings is 3. The predicted octanol–water partition coefficient (Wildman–Crippen LogP) is 3.43. The number of anilines is 1. The Morgan fingerprint density at radius 3 is 2.93 bits per heavy atom. The first kappa shape index (κ1) is 18.0. The molecule has 0 N–H and O–H groups in total. The number of hydrogen-bond donors (Lipinski definition) is 0. The van der Waals surface area contributed by atoms with E-state index in [9.17, 15) is 9.18 Å². The van der Waals surface area contributed by atoms with E-state index in [1.807, 2.05) is 13.0 Å². The minimum Gasteiger partial charge on any atom is -0.346 e. The van der Waals surface area contributed by atoms with Crippen LogP contribution in [0.1, 0.15) is 37.1 Å². The van der Waals surface area contributed by atoms with Crippen molar-refractivity contribution in [1.29, 1.82) is 0 Å². The molecule has 0 aliphatic carbocycles. The van der Waals surface area contributed by atoms with Crippen molar-refractivity contribution in [1.82, 2.24) is 14.3 Å². The summed E-state index contributed by atoms with van der Waals surface area (Å²) in [5, 5.41) is 0.993. The van der Waals surface area contributed by atoms with Crippen LogP contribution in [0.15, 0.2) is 24.3 Å². The van der Waals surface area contributed by atoms with Gasteiger partial charge in [-0.2, -0.15) is 4.37 Å². The second-order valence-corrected chi connectivity index (χ2v) is 9.18. The fourth-order valence-corrected chi connectivity index (χ4v) is 6.21. The fraction of sp³-hybridized carbons (Fsp3) is 0.571. The number of halogens is 1. The van der Waals surface area contributed by atoms with Crippen molar-refractivity contribution in [3.63, 3.8) is 0 Å². The van der Waals surface area contributed by atoms with E-state index in [4.69, 9.17) is 0 Å². The molecule has 4 atom stereocenters. The maximum Gasteiger partial charge on any atom is 0.223 e. The van der Waals surface area contributed by atoms with Crippen molar-refractivity contribution in [3.05, 3.63) is 41.5 Å². The standard InChI is InChI=1S/C21H25FN4OS/c1-13-23-21(28-24-13)25-11-15-10-16(12-25)19(9-14-4-2-5-17(22)8-14)26-18(15)6-3-7-20(26)27/h2,4-5,8,15-16,18-19H,3,6-7,9-12H2,1H3/t15-,16+,18+,19+/m1/s1.